The molecule has 2 rings (SSSR count). The summed E-state index contributed by atoms with van der Waals surface area (Å²) >= 11 is 0. The summed E-state index contributed by atoms with van der Waals surface area (Å²) in [6, 6.07) is 9.38. The van der Waals surface area contributed by atoms with Gasteiger partial charge >= 0.3 is 0 Å². The molecule has 0 spiro atoms. The largest absolute Gasteiger partial charge is 0.367 e. The Morgan fingerprint density at radius 2 is 1.80 bits per heavy atom. The molecular weight excluding hydrogens is 244 g/mol. The zero-order valence-corrected chi connectivity index (χ0v) is 13.5. The summed E-state index contributed by atoms with van der Waals surface area (Å²) in [6.45, 7) is 11.3. The molecule has 0 fully saturated rings. The molecule has 1 unspecified atom stereocenters. The van der Waals surface area contributed by atoms with Crippen LogP contribution < -0.4 is 10.2 Å². The Morgan fingerprint density at radius 3 is 2.25 bits per heavy atom. The third-order valence-corrected chi connectivity index (χ3v) is 4.36. The van der Waals surface area contributed by atoms with E-state index in [1.807, 2.05) is 7.05 Å². The summed E-state index contributed by atoms with van der Waals surface area (Å²) in [5.41, 5.74) is 4.59. The fourth-order valence-electron chi connectivity index (χ4n) is 2.73. The van der Waals surface area contributed by atoms with Crippen LogP contribution in [0.3, 0.4) is 0 Å². The fourth-order valence-corrected chi connectivity index (χ4v) is 2.73. The first-order chi connectivity index (χ1) is 9.41. The fraction of sp³-hybridized carbons (Fsp3) is 0.556. The van der Waals surface area contributed by atoms with Gasteiger partial charge in [0.25, 0.3) is 0 Å². The molecule has 110 valence electrons. The SMILES string of the molecule is CNC(C)c1ccc(N2CC=C(C(C)(C)C)CC2)cc1. The van der Waals surface area contributed by atoms with E-state index in [-0.39, 0.29) is 0 Å². The van der Waals surface area contributed by atoms with Crippen molar-refractivity contribution in [2.75, 3.05) is 25.0 Å². The lowest BCUT2D eigenvalue weighted by Gasteiger charge is -2.33. The van der Waals surface area contributed by atoms with Crippen molar-refractivity contribution in [2.24, 2.45) is 5.41 Å². The Balaban J connectivity index is 2.06. The molecule has 0 bridgehead atoms. The van der Waals surface area contributed by atoms with Gasteiger partial charge in [-0.2, -0.15) is 0 Å². The molecule has 0 radical (unpaired) electrons. The maximum absolute atomic E-state index is 3.28. The molecule has 0 amide bonds. The molecule has 20 heavy (non-hydrogen) atoms. The van der Waals surface area contributed by atoms with Gasteiger partial charge in [0.15, 0.2) is 0 Å². The van der Waals surface area contributed by atoms with Gasteiger partial charge in [0.1, 0.15) is 0 Å². The first kappa shape index (κ1) is 15.1. The van der Waals surface area contributed by atoms with E-state index in [1.54, 1.807) is 5.57 Å². The molecule has 0 saturated carbocycles. The molecule has 0 aromatic heterocycles. The quantitative estimate of drug-likeness (QED) is 0.832. The Kier molecular flexibility index (Phi) is 4.54. The van der Waals surface area contributed by atoms with Crippen LogP contribution >= 0.6 is 0 Å². The molecule has 2 nitrogen and oxygen atoms in total. The van der Waals surface area contributed by atoms with Crippen molar-refractivity contribution < 1.29 is 0 Å². The Morgan fingerprint density at radius 1 is 1.15 bits per heavy atom. The second kappa shape index (κ2) is 6.01. The second-order valence-corrected chi connectivity index (χ2v) is 6.78. The van der Waals surface area contributed by atoms with E-state index in [0.29, 0.717) is 11.5 Å². The highest BCUT2D eigenvalue weighted by molar-refractivity contribution is 5.50. The van der Waals surface area contributed by atoms with Gasteiger partial charge in [-0.25, -0.2) is 0 Å². The van der Waals surface area contributed by atoms with Crippen LogP contribution in [0.2, 0.25) is 0 Å². The first-order valence-corrected chi connectivity index (χ1v) is 7.63. The summed E-state index contributed by atoms with van der Waals surface area (Å²) < 4.78 is 0. The molecule has 1 aliphatic heterocycles. The number of benzene rings is 1. The minimum Gasteiger partial charge on any atom is -0.367 e. The van der Waals surface area contributed by atoms with Crippen LogP contribution in [-0.2, 0) is 0 Å². The van der Waals surface area contributed by atoms with E-state index >= 15 is 0 Å². The summed E-state index contributed by atoms with van der Waals surface area (Å²) in [7, 11) is 2.00. The van der Waals surface area contributed by atoms with Crippen LogP contribution in [0.25, 0.3) is 0 Å². The normalized spacial score (nSPS) is 17.9. The smallest absolute Gasteiger partial charge is 0.0369 e. The lowest BCUT2D eigenvalue weighted by Crippen LogP contribution is -2.31. The van der Waals surface area contributed by atoms with E-state index < -0.39 is 0 Å². The molecule has 1 heterocycles. The highest BCUT2D eigenvalue weighted by Gasteiger charge is 2.21. The maximum atomic E-state index is 3.28. The lowest BCUT2D eigenvalue weighted by molar-refractivity contribution is 0.472. The van der Waals surface area contributed by atoms with E-state index in [2.05, 4.69) is 68.3 Å². The van der Waals surface area contributed by atoms with Crippen LogP contribution in [0.5, 0.6) is 0 Å². The minimum absolute atomic E-state index is 0.318. The molecule has 1 N–H and O–H groups in total. The van der Waals surface area contributed by atoms with Crippen LogP contribution in [0.4, 0.5) is 5.69 Å². The number of hydrogen-bond acceptors (Lipinski definition) is 2. The molecule has 0 saturated heterocycles. The van der Waals surface area contributed by atoms with E-state index in [9.17, 15) is 0 Å². The van der Waals surface area contributed by atoms with Gasteiger partial charge < -0.3 is 10.2 Å². The molecule has 1 aromatic carbocycles. The zero-order chi connectivity index (χ0) is 14.8. The van der Waals surface area contributed by atoms with Crippen molar-refractivity contribution in [2.45, 2.75) is 40.2 Å². The minimum atomic E-state index is 0.318. The number of rotatable bonds is 3. The molecule has 1 atom stereocenters. The highest BCUT2D eigenvalue weighted by atomic mass is 15.1. The number of nitrogens with zero attached hydrogens (tertiary/aromatic N) is 1. The van der Waals surface area contributed by atoms with Gasteiger partial charge in [0.2, 0.25) is 0 Å². The average molecular weight is 272 g/mol. The molecule has 1 aromatic rings. The number of anilines is 1. The van der Waals surface area contributed by atoms with E-state index in [4.69, 9.17) is 0 Å². The zero-order valence-electron chi connectivity index (χ0n) is 13.5. The van der Waals surface area contributed by atoms with Crippen molar-refractivity contribution >= 4 is 5.69 Å². The molecule has 2 heteroatoms. The van der Waals surface area contributed by atoms with Crippen LogP contribution in [-0.4, -0.2) is 20.1 Å². The van der Waals surface area contributed by atoms with Gasteiger partial charge in [-0.3, -0.25) is 0 Å². The summed E-state index contributed by atoms with van der Waals surface area (Å²) in [4.78, 5) is 2.46. The van der Waals surface area contributed by atoms with Crippen LogP contribution in [0, 0.1) is 5.41 Å². The summed E-state index contributed by atoms with van der Waals surface area (Å²) in [5.74, 6) is 0. The Labute approximate surface area is 123 Å². The Hall–Kier alpha value is -1.28. The van der Waals surface area contributed by atoms with Gasteiger partial charge in [-0.1, -0.05) is 44.6 Å². The predicted octanol–water partition coefficient (Wildman–Crippen LogP) is 4.15. The van der Waals surface area contributed by atoms with Gasteiger partial charge in [-0.05, 0) is 43.5 Å². The molecule has 1 aliphatic rings. The average Bonchev–Trinajstić information content (AvgIpc) is 2.46. The monoisotopic (exact) mass is 272 g/mol. The number of hydrogen-bond donors (Lipinski definition) is 1. The van der Waals surface area contributed by atoms with Crippen molar-refractivity contribution in [1.82, 2.24) is 5.32 Å². The topological polar surface area (TPSA) is 15.3 Å². The second-order valence-electron chi connectivity index (χ2n) is 6.78. The van der Waals surface area contributed by atoms with Crippen LogP contribution in [0.15, 0.2) is 35.9 Å². The van der Waals surface area contributed by atoms with Gasteiger partial charge in [0, 0.05) is 24.8 Å². The predicted molar refractivity (Wildman–Crippen MR) is 88.3 cm³/mol. The van der Waals surface area contributed by atoms with E-state index in [0.717, 1.165) is 13.1 Å². The molecular formula is C18H28N2. The maximum Gasteiger partial charge on any atom is 0.0369 e. The summed E-state index contributed by atoms with van der Waals surface area (Å²) in [5, 5.41) is 3.28. The highest BCUT2D eigenvalue weighted by Crippen LogP contribution is 2.31. The third-order valence-electron chi connectivity index (χ3n) is 4.36. The number of nitrogens with one attached hydrogen (secondary N) is 1. The lowest BCUT2D eigenvalue weighted by atomic mass is 9.83. The van der Waals surface area contributed by atoms with Crippen LogP contribution in [0.1, 0.15) is 45.7 Å². The van der Waals surface area contributed by atoms with Crippen molar-refractivity contribution in [3.63, 3.8) is 0 Å². The summed E-state index contributed by atoms with van der Waals surface area (Å²) in [6.07, 6.45) is 3.59. The van der Waals surface area contributed by atoms with E-state index in [1.165, 1.54) is 17.7 Å². The van der Waals surface area contributed by atoms with Gasteiger partial charge in [0.05, 0.1) is 0 Å². The molecule has 0 aliphatic carbocycles. The van der Waals surface area contributed by atoms with Crippen molar-refractivity contribution in [3.8, 4) is 0 Å². The first-order valence-electron chi connectivity index (χ1n) is 7.63. The van der Waals surface area contributed by atoms with Gasteiger partial charge in [-0.15, -0.1) is 0 Å². The van der Waals surface area contributed by atoms with Crippen molar-refractivity contribution in [3.05, 3.63) is 41.5 Å². The van der Waals surface area contributed by atoms with Crippen molar-refractivity contribution in [1.29, 1.82) is 0 Å². The third kappa shape index (κ3) is 3.43. The standard InChI is InChI=1S/C18H28N2/c1-14(19-5)15-6-8-17(9-7-15)20-12-10-16(11-13-20)18(2,3)4/h6-10,14,19H,11-13H2,1-5H3. The Bertz CT molecular complexity index is 465.